The van der Waals surface area contributed by atoms with Crippen LogP contribution in [0.3, 0.4) is 0 Å². The number of oxazole rings is 1. The fourth-order valence-corrected chi connectivity index (χ4v) is 0.800. The van der Waals surface area contributed by atoms with Crippen molar-refractivity contribution in [1.82, 2.24) is 4.98 Å². The van der Waals surface area contributed by atoms with Crippen molar-refractivity contribution < 1.29 is 4.42 Å². The van der Waals surface area contributed by atoms with Gasteiger partial charge in [0.2, 0.25) is 0 Å². The standard InChI is InChI=1S/C6H8BrNO/c1-4(2)6-8-5(7)3-9-6/h3-4H,1-2H3. The number of hydrogen-bond donors (Lipinski definition) is 0. The molecule has 0 radical (unpaired) electrons. The Bertz CT molecular complexity index is 195. The van der Waals surface area contributed by atoms with Crippen LogP contribution in [0.15, 0.2) is 15.3 Å². The molecule has 0 fully saturated rings. The molecule has 0 N–H and O–H groups in total. The first-order valence-electron chi connectivity index (χ1n) is 2.81. The normalized spacial score (nSPS) is 10.7. The van der Waals surface area contributed by atoms with Gasteiger partial charge < -0.3 is 4.42 Å². The second-order valence-corrected chi connectivity index (χ2v) is 2.98. The minimum Gasteiger partial charge on any atom is -0.447 e. The maximum absolute atomic E-state index is 5.07. The summed E-state index contributed by atoms with van der Waals surface area (Å²) in [6.07, 6.45) is 1.59. The van der Waals surface area contributed by atoms with E-state index >= 15 is 0 Å². The van der Waals surface area contributed by atoms with Gasteiger partial charge in [-0.15, -0.1) is 0 Å². The molecular weight excluding hydrogens is 182 g/mol. The Hall–Kier alpha value is -0.310. The van der Waals surface area contributed by atoms with E-state index in [1.807, 2.05) is 13.8 Å². The average molecular weight is 190 g/mol. The van der Waals surface area contributed by atoms with Gasteiger partial charge in [0.05, 0.1) is 0 Å². The second-order valence-electron chi connectivity index (χ2n) is 2.16. The maximum Gasteiger partial charge on any atom is 0.197 e. The van der Waals surface area contributed by atoms with E-state index in [4.69, 9.17) is 4.42 Å². The third-order valence-corrected chi connectivity index (χ3v) is 1.35. The average Bonchev–Trinajstić information content (AvgIpc) is 2.14. The van der Waals surface area contributed by atoms with E-state index in [-0.39, 0.29) is 0 Å². The predicted molar refractivity (Wildman–Crippen MR) is 38.3 cm³/mol. The molecule has 0 aliphatic rings. The molecule has 0 saturated carbocycles. The molecule has 1 heterocycles. The van der Waals surface area contributed by atoms with E-state index in [2.05, 4.69) is 20.9 Å². The highest BCUT2D eigenvalue weighted by Crippen LogP contribution is 2.15. The lowest BCUT2D eigenvalue weighted by Crippen LogP contribution is -1.84. The Kier molecular flexibility index (Phi) is 1.90. The van der Waals surface area contributed by atoms with Crippen LogP contribution in [0.1, 0.15) is 25.7 Å². The van der Waals surface area contributed by atoms with Crippen LogP contribution in [-0.2, 0) is 0 Å². The Morgan fingerprint density at radius 2 is 2.33 bits per heavy atom. The molecule has 0 saturated heterocycles. The van der Waals surface area contributed by atoms with Crippen molar-refractivity contribution >= 4 is 15.9 Å². The molecule has 0 unspecified atom stereocenters. The summed E-state index contributed by atoms with van der Waals surface area (Å²) < 4.78 is 5.84. The van der Waals surface area contributed by atoms with Crippen LogP contribution in [0.5, 0.6) is 0 Å². The summed E-state index contributed by atoms with van der Waals surface area (Å²) in [6, 6.07) is 0. The number of halogens is 1. The molecule has 0 bridgehead atoms. The van der Waals surface area contributed by atoms with Crippen molar-refractivity contribution in [3.05, 3.63) is 16.8 Å². The third kappa shape index (κ3) is 1.55. The van der Waals surface area contributed by atoms with Crippen molar-refractivity contribution in [2.75, 3.05) is 0 Å². The summed E-state index contributed by atoms with van der Waals surface area (Å²) in [4.78, 5) is 4.06. The van der Waals surface area contributed by atoms with Crippen LogP contribution in [-0.4, -0.2) is 4.98 Å². The molecular formula is C6H8BrNO. The monoisotopic (exact) mass is 189 g/mol. The number of nitrogens with zero attached hydrogens (tertiary/aromatic N) is 1. The Labute approximate surface area is 62.4 Å². The number of aromatic nitrogens is 1. The first-order chi connectivity index (χ1) is 4.20. The lowest BCUT2D eigenvalue weighted by Gasteiger charge is -1.93. The summed E-state index contributed by atoms with van der Waals surface area (Å²) >= 11 is 3.20. The molecule has 0 atom stereocenters. The van der Waals surface area contributed by atoms with E-state index in [0.29, 0.717) is 5.92 Å². The molecule has 9 heavy (non-hydrogen) atoms. The highest BCUT2D eigenvalue weighted by molar-refractivity contribution is 9.10. The van der Waals surface area contributed by atoms with Crippen LogP contribution in [0.2, 0.25) is 0 Å². The molecule has 1 rings (SSSR count). The molecule has 0 aromatic carbocycles. The van der Waals surface area contributed by atoms with Crippen molar-refractivity contribution in [3.63, 3.8) is 0 Å². The highest BCUT2D eigenvalue weighted by atomic mass is 79.9. The quantitative estimate of drug-likeness (QED) is 0.680. The topological polar surface area (TPSA) is 26.0 Å². The van der Waals surface area contributed by atoms with Crippen LogP contribution in [0.25, 0.3) is 0 Å². The number of rotatable bonds is 1. The second kappa shape index (κ2) is 2.52. The van der Waals surface area contributed by atoms with E-state index in [9.17, 15) is 0 Å². The highest BCUT2D eigenvalue weighted by Gasteiger charge is 2.04. The maximum atomic E-state index is 5.07. The minimum absolute atomic E-state index is 0.372. The van der Waals surface area contributed by atoms with E-state index in [1.165, 1.54) is 0 Å². The minimum atomic E-state index is 0.372. The molecule has 0 amide bonds. The molecule has 1 aromatic rings. The number of hydrogen-bond acceptors (Lipinski definition) is 2. The van der Waals surface area contributed by atoms with Crippen LogP contribution >= 0.6 is 15.9 Å². The van der Waals surface area contributed by atoms with Gasteiger partial charge in [-0.2, -0.15) is 0 Å². The molecule has 0 aliphatic heterocycles. The van der Waals surface area contributed by atoms with Gasteiger partial charge in [-0.05, 0) is 15.9 Å². The lowest BCUT2D eigenvalue weighted by atomic mass is 10.2. The van der Waals surface area contributed by atoms with Crippen molar-refractivity contribution in [1.29, 1.82) is 0 Å². The molecule has 0 aliphatic carbocycles. The van der Waals surface area contributed by atoms with Crippen molar-refractivity contribution in [2.24, 2.45) is 0 Å². The summed E-state index contributed by atoms with van der Waals surface area (Å²) in [7, 11) is 0. The fraction of sp³-hybridized carbons (Fsp3) is 0.500. The first kappa shape index (κ1) is 6.81. The van der Waals surface area contributed by atoms with Gasteiger partial charge in [-0.3, -0.25) is 0 Å². The van der Waals surface area contributed by atoms with Gasteiger partial charge >= 0.3 is 0 Å². The SMILES string of the molecule is CC(C)c1nc(Br)co1. The van der Waals surface area contributed by atoms with E-state index < -0.39 is 0 Å². The smallest absolute Gasteiger partial charge is 0.197 e. The van der Waals surface area contributed by atoms with Crippen molar-refractivity contribution in [3.8, 4) is 0 Å². The Morgan fingerprint density at radius 1 is 1.67 bits per heavy atom. The molecule has 2 nitrogen and oxygen atoms in total. The zero-order valence-electron chi connectivity index (χ0n) is 5.39. The van der Waals surface area contributed by atoms with Gasteiger partial charge in [0.25, 0.3) is 0 Å². The third-order valence-electron chi connectivity index (χ3n) is 0.988. The fourth-order valence-electron chi connectivity index (χ4n) is 0.532. The van der Waals surface area contributed by atoms with Gasteiger partial charge in [0.15, 0.2) is 5.89 Å². The van der Waals surface area contributed by atoms with E-state index in [0.717, 1.165) is 10.5 Å². The van der Waals surface area contributed by atoms with Gasteiger partial charge in [-0.25, -0.2) is 4.98 Å². The largest absolute Gasteiger partial charge is 0.447 e. The van der Waals surface area contributed by atoms with Crippen LogP contribution in [0.4, 0.5) is 0 Å². The Balaban J connectivity index is 2.85. The summed E-state index contributed by atoms with van der Waals surface area (Å²) in [5, 5.41) is 0. The zero-order chi connectivity index (χ0) is 6.85. The first-order valence-corrected chi connectivity index (χ1v) is 3.60. The van der Waals surface area contributed by atoms with Gasteiger partial charge in [0, 0.05) is 5.92 Å². The van der Waals surface area contributed by atoms with Gasteiger partial charge in [-0.1, -0.05) is 13.8 Å². The van der Waals surface area contributed by atoms with E-state index in [1.54, 1.807) is 6.26 Å². The molecule has 1 aromatic heterocycles. The predicted octanol–water partition coefficient (Wildman–Crippen LogP) is 2.56. The zero-order valence-corrected chi connectivity index (χ0v) is 6.97. The summed E-state index contributed by atoms with van der Waals surface area (Å²) in [5.74, 6) is 1.15. The van der Waals surface area contributed by atoms with Gasteiger partial charge in [0.1, 0.15) is 10.9 Å². The summed E-state index contributed by atoms with van der Waals surface area (Å²) in [5.41, 5.74) is 0. The lowest BCUT2D eigenvalue weighted by molar-refractivity contribution is 0.471. The Morgan fingerprint density at radius 3 is 2.56 bits per heavy atom. The molecule has 3 heteroatoms. The molecule has 0 spiro atoms. The molecule has 50 valence electrons. The summed E-state index contributed by atoms with van der Waals surface area (Å²) in [6.45, 7) is 4.08. The van der Waals surface area contributed by atoms with Crippen molar-refractivity contribution in [2.45, 2.75) is 19.8 Å². The van der Waals surface area contributed by atoms with Crippen LogP contribution in [0, 0.1) is 0 Å². The van der Waals surface area contributed by atoms with Crippen LogP contribution < -0.4 is 0 Å².